The van der Waals surface area contributed by atoms with Crippen molar-refractivity contribution in [3.63, 3.8) is 0 Å². The first-order valence-corrected chi connectivity index (χ1v) is 7.09. The van der Waals surface area contributed by atoms with Crippen molar-refractivity contribution in [2.45, 2.75) is 32.6 Å². The number of nitrogens with zero attached hydrogens (tertiary/aromatic N) is 3. The number of likely N-dealkylation sites (tertiary alicyclic amines) is 1. The summed E-state index contributed by atoms with van der Waals surface area (Å²) >= 11 is 0. The molecule has 0 aliphatic carbocycles. The van der Waals surface area contributed by atoms with E-state index in [0.29, 0.717) is 24.3 Å². The largest absolute Gasteiger partial charge is 0.368 e. The van der Waals surface area contributed by atoms with Gasteiger partial charge in [-0.25, -0.2) is 4.98 Å². The Morgan fingerprint density at radius 2 is 2.20 bits per heavy atom. The molecule has 2 heterocycles. The maximum atomic E-state index is 12.0. The highest BCUT2D eigenvalue weighted by Crippen LogP contribution is 2.15. The van der Waals surface area contributed by atoms with Crippen molar-refractivity contribution >= 4 is 11.7 Å². The number of anilines is 1. The van der Waals surface area contributed by atoms with Crippen molar-refractivity contribution < 1.29 is 4.79 Å². The molecule has 0 bridgehead atoms. The predicted molar refractivity (Wildman–Crippen MR) is 77.2 cm³/mol. The number of nitrogens with one attached hydrogen (secondary N) is 1. The number of piperidine rings is 1. The summed E-state index contributed by atoms with van der Waals surface area (Å²) in [5, 5.41) is 12.2. The third-order valence-electron chi connectivity index (χ3n) is 3.61. The van der Waals surface area contributed by atoms with Gasteiger partial charge in [-0.3, -0.25) is 4.79 Å². The molecule has 1 aliphatic rings. The highest BCUT2D eigenvalue weighted by atomic mass is 16.2. The van der Waals surface area contributed by atoms with Gasteiger partial charge in [-0.1, -0.05) is 0 Å². The Labute approximate surface area is 119 Å². The summed E-state index contributed by atoms with van der Waals surface area (Å²) in [4.78, 5) is 18.1. The Kier molecular flexibility index (Phi) is 4.94. The molecule has 1 aromatic rings. The van der Waals surface area contributed by atoms with Crippen molar-refractivity contribution in [2.24, 2.45) is 0 Å². The summed E-state index contributed by atoms with van der Waals surface area (Å²) in [5.41, 5.74) is 1.45. The zero-order valence-corrected chi connectivity index (χ0v) is 11.9. The second kappa shape index (κ2) is 6.90. The highest BCUT2D eigenvalue weighted by Gasteiger charge is 2.16. The average Bonchev–Trinajstić information content (AvgIpc) is 2.48. The maximum Gasteiger partial charge on any atom is 0.224 e. The Hall–Kier alpha value is -2.09. The number of rotatable bonds is 4. The van der Waals surface area contributed by atoms with Gasteiger partial charge in [0, 0.05) is 32.3 Å². The van der Waals surface area contributed by atoms with Gasteiger partial charge in [0.25, 0.3) is 0 Å². The van der Waals surface area contributed by atoms with Gasteiger partial charge in [0.1, 0.15) is 11.9 Å². The Bertz CT molecular complexity index is 515. The van der Waals surface area contributed by atoms with E-state index in [1.54, 1.807) is 6.20 Å². The number of hydrogen-bond donors (Lipinski definition) is 1. The van der Waals surface area contributed by atoms with Gasteiger partial charge >= 0.3 is 0 Å². The minimum atomic E-state index is 0.184. The quantitative estimate of drug-likeness (QED) is 0.911. The van der Waals surface area contributed by atoms with E-state index in [9.17, 15) is 4.79 Å². The molecular formula is C15H20N4O. The Morgan fingerprint density at radius 1 is 1.45 bits per heavy atom. The molecule has 2 rings (SSSR count). The van der Waals surface area contributed by atoms with Crippen LogP contribution in [0.25, 0.3) is 0 Å². The number of aryl methyl sites for hydroxylation is 1. The minimum absolute atomic E-state index is 0.184. The molecular weight excluding hydrogens is 252 g/mol. The summed E-state index contributed by atoms with van der Waals surface area (Å²) in [5.74, 6) is 0.752. The van der Waals surface area contributed by atoms with Crippen LogP contribution in [0.5, 0.6) is 0 Å². The topological polar surface area (TPSA) is 69.0 Å². The standard InChI is InChI=1S/C15H20N4O/c1-12-5-7-17-15(13(12)11-16)18-8-6-14(20)19-9-3-2-4-10-19/h5,7H,2-4,6,8-10H2,1H3,(H,17,18). The molecule has 1 amide bonds. The Balaban J connectivity index is 1.85. The summed E-state index contributed by atoms with van der Waals surface area (Å²) in [6, 6.07) is 3.95. The molecule has 1 N–H and O–H groups in total. The first kappa shape index (κ1) is 14.3. The average molecular weight is 272 g/mol. The highest BCUT2D eigenvalue weighted by molar-refractivity contribution is 5.76. The molecule has 5 heteroatoms. The van der Waals surface area contributed by atoms with E-state index in [1.807, 2.05) is 17.9 Å². The van der Waals surface area contributed by atoms with Crippen molar-refractivity contribution in [1.82, 2.24) is 9.88 Å². The van der Waals surface area contributed by atoms with E-state index >= 15 is 0 Å². The molecule has 0 unspecified atom stereocenters. The van der Waals surface area contributed by atoms with E-state index < -0.39 is 0 Å². The molecule has 1 fully saturated rings. The van der Waals surface area contributed by atoms with E-state index in [0.717, 1.165) is 31.5 Å². The lowest BCUT2D eigenvalue weighted by atomic mass is 10.1. The summed E-state index contributed by atoms with van der Waals surface area (Å²) in [6.07, 6.45) is 5.56. The van der Waals surface area contributed by atoms with E-state index in [1.165, 1.54) is 6.42 Å². The summed E-state index contributed by atoms with van der Waals surface area (Å²) < 4.78 is 0. The molecule has 0 atom stereocenters. The molecule has 0 aromatic carbocycles. The molecule has 0 saturated carbocycles. The molecule has 0 spiro atoms. The number of pyridine rings is 1. The fourth-order valence-electron chi connectivity index (χ4n) is 2.42. The van der Waals surface area contributed by atoms with Gasteiger partial charge in [0.15, 0.2) is 0 Å². The van der Waals surface area contributed by atoms with Crippen LogP contribution < -0.4 is 5.32 Å². The number of carbonyl (C=O) groups is 1. The summed E-state index contributed by atoms with van der Waals surface area (Å²) in [6.45, 7) is 4.15. The smallest absolute Gasteiger partial charge is 0.224 e. The van der Waals surface area contributed by atoms with Gasteiger partial charge in [-0.15, -0.1) is 0 Å². The zero-order chi connectivity index (χ0) is 14.4. The molecule has 1 aromatic heterocycles. The number of carbonyl (C=O) groups excluding carboxylic acids is 1. The predicted octanol–water partition coefficient (Wildman–Crippen LogP) is 2.08. The number of nitriles is 1. The van der Waals surface area contributed by atoms with E-state index in [4.69, 9.17) is 5.26 Å². The second-order valence-corrected chi connectivity index (χ2v) is 5.08. The van der Waals surface area contributed by atoms with Crippen molar-refractivity contribution in [1.29, 1.82) is 5.26 Å². The fraction of sp³-hybridized carbons (Fsp3) is 0.533. The fourth-order valence-corrected chi connectivity index (χ4v) is 2.42. The monoisotopic (exact) mass is 272 g/mol. The van der Waals surface area contributed by atoms with E-state index in [2.05, 4.69) is 16.4 Å². The molecule has 5 nitrogen and oxygen atoms in total. The summed E-state index contributed by atoms with van der Waals surface area (Å²) in [7, 11) is 0. The van der Waals surface area contributed by atoms with Gasteiger partial charge in [0.05, 0.1) is 5.56 Å². The van der Waals surface area contributed by atoms with Crippen LogP contribution in [-0.4, -0.2) is 35.4 Å². The lowest BCUT2D eigenvalue weighted by Crippen LogP contribution is -2.36. The minimum Gasteiger partial charge on any atom is -0.368 e. The molecule has 0 radical (unpaired) electrons. The molecule has 20 heavy (non-hydrogen) atoms. The van der Waals surface area contributed by atoms with Crippen LogP contribution >= 0.6 is 0 Å². The van der Waals surface area contributed by atoms with Gasteiger partial charge < -0.3 is 10.2 Å². The van der Waals surface area contributed by atoms with E-state index in [-0.39, 0.29) is 5.91 Å². The number of amides is 1. The first-order valence-electron chi connectivity index (χ1n) is 7.09. The zero-order valence-electron chi connectivity index (χ0n) is 11.9. The van der Waals surface area contributed by atoms with Crippen molar-refractivity contribution in [3.05, 3.63) is 23.4 Å². The Morgan fingerprint density at radius 3 is 2.90 bits per heavy atom. The third kappa shape index (κ3) is 3.47. The SMILES string of the molecule is Cc1ccnc(NCCC(=O)N2CCCCC2)c1C#N. The van der Waals surface area contributed by atoms with Gasteiger partial charge in [-0.2, -0.15) is 5.26 Å². The molecule has 1 aliphatic heterocycles. The molecule has 106 valence electrons. The van der Waals surface area contributed by atoms with Crippen LogP contribution in [0.15, 0.2) is 12.3 Å². The lowest BCUT2D eigenvalue weighted by Gasteiger charge is -2.26. The van der Waals surface area contributed by atoms with Crippen LogP contribution in [0.1, 0.15) is 36.8 Å². The molecule has 1 saturated heterocycles. The van der Waals surface area contributed by atoms with Crippen molar-refractivity contribution in [3.8, 4) is 6.07 Å². The third-order valence-corrected chi connectivity index (χ3v) is 3.61. The number of hydrogen-bond acceptors (Lipinski definition) is 4. The van der Waals surface area contributed by atoms with Crippen LogP contribution in [0, 0.1) is 18.3 Å². The lowest BCUT2D eigenvalue weighted by molar-refractivity contribution is -0.131. The first-order chi connectivity index (χ1) is 9.72. The van der Waals surface area contributed by atoms with Crippen molar-refractivity contribution in [2.75, 3.05) is 25.0 Å². The normalized spacial score (nSPS) is 14.7. The van der Waals surface area contributed by atoms with Gasteiger partial charge in [-0.05, 0) is 37.8 Å². The van der Waals surface area contributed by atoms with Crippen LogP contribution in [-0.2, 0) is 4.79 Å². The second-order valence-electron chi connectivity index (χ2n) is 5.08. The van der Waals surface area contributed by atoms with Crippen LogP contribution in [0.2, 0.25) is 0 Å². The van der Waals surface area contributed by atoms with Gasteiger partial charge in [0.2, 0.25) is 5.91 Å². The van der Waals surface area contributed by atoms with Crippen LogP contribution in [0.3, 0.4) is 0 Å². The number of aromatic nitrogens is 1. The van der Waals surface area contributed by atoms with Crippen LogP contribution in [0.4, 0.5) is 5.82 Å². The maximum absolute atomic E-state index is 12.0.